The van der Waals surface area contributed by atoms with Gasteiger partial charge in [-0.25, -0.2) is 4.98 Å². The third-order valence-corrected chi connectivity index (χ3v) is 10.8. The number of fused-ring (bicyclic) bond motifs is 6. The molecular formula is C51H33N5. The molecule has 11 aromatic rings. The van der Waals surface area contributed by atoms with Crippen molar-refractivity contribution in [3.05, 3.63) is 200 Å². The Bertz CT molecular complexity index is 3090. The molecule has 0 radical (unpaired) electrons. The van der Waals surface area contributed by atoms with E-state index in [-0.39, 0.29) is 0 Å². The minimum atomic E-state index is 0.557. The number of hydrogen-bond acceptors (Lipinski definition) is 3. The van der Waals surface area contributed by atoms with Gasteiger partial charge in [-0.3, -0.25) is 4.57 Å². The Hall–Kier alpha value is -7.63. The fourth-order valence-electron chi connectivity index (χ4n) is 8.20. The highest BCUT2D eigenvalue weighted by Gasteiger charge is 2.22. The van der Waals surface area contributed by atoms with Crippen molar-refractivity contribution >= 4 is 43.6 Å². The van der Waals surface area contributed by atoms with E-state index >= 15 is 0 Å². The highest BCUT2D eigenvalue weighted by Crippen LogP contribution is 2.39. The predicted octanol–water partition coefficient (Wildman–Crippen LogP) is 12.7. The number of para-hydroxylation sites is 3. The molecule has 0 spiro atoms. The highest BCUT2D eigenvalue weighted by atomic mass is 15.2. The smallest absolute Gasteiger partial charge is 0.238 e. The highest BCUT2D eigenvalue weighted by molar-refractivity contribution is 6.11. The van der Waals surface area contributed by atoms with Crippen molar-refractivity contribution in [1.29, 1.82) is 0 Å². The Balaban J connectivity index is 1.22. The Morgan fingerprint density at radius 3 is 1.30 bits per heavy atom. The minimum Gasteiger partial charge on any atom is -0.309 e. The summed E-state index contributed by atoms with van der Waals surface area (Å²) in [6, 6.07) is 70.3. The van der Waals surface area contributed by atoms with Crippen LogP contribution in [0.3, 0.4) is 0 Å². The van der Waals surface area contributed by atoms with E-state index in [0.29, 0.717) is 17.6 Å². The predicted molar refractivity (Wildman–Crippen MR) is 230 cm³/mol. The lowest BCUT2D eigenvalue weighted by Gasteiger charge is -2.15. The Morgan fingerprint density at radius 1 is 0.286 bits per heavy atom. The molecule has 0 bridgehead atoms. The van der Waals surface area contributed by atoms with Crippen LogP contribution in [0, 0.1) is 0 Å². The minimum absolute atomic E-state index is 0.557. The van der Waals surface area contributed by atoms with E-state index in [4.69, 9.17) is 15.0 Å². The molecule has 5 nitrogen and oxygen atoms in total. The van der Waals surface area contributed by atoms with Gasteiger partial charge >= 0.3 is 0 Å². The molecule has 0 aliphatic carbocycles. The SMILES string of the molecule is c1ccc(-c2ccc3c4ccc(-c5ccccc5)cc4n(-c4nc(-c5ccccc5)nc(-c5ccccc5-n5c6ccccc6c6ccccc65)n4)c3c2)cc1. The average molecular weight is 716 g/mol. The van der Waals surface area contributed by atoms with Crippen LogP contribution in [0.25, 0.3) is 100 Å². The zero-order valence-electron chi connectivity index (χ0n) is 30.3. The summed E-state index contributed by atoms with van der Waals surface area (Å²) in [5, 5.41) is 4.67. The van der Waals surface area contributed by atoms with E-state index < -0.39 is 0 Å². The van der Waals surface area contributed by atoms with E-state index in [2.05, 4.69) is 191 Å². The number of rotatable bonds is 6. The summed E-state index contributed by atoms with van der Waals surface area (Å²) < 4.78 is 4.56. The van der Waals surface area contributed by atoms with Crippen molar-refractivity contribution in [3.8, 4) is 56.7 Å². The van der Waals surface area contributed by atoms with Gasteiger partial charge in [0.05, 0.1) is 27.8 Å². The lowest BCUT2D eigenvalue weighted by molar-refractivity contribution is 0.952. The maximum absolute atomic E-state index is 5.43. The van der Waals surface area contributed by atoms with Crippen LogP contribution >= 0.6 is 0 Å². The van der Waals surface area contributed by atoms with E-state index in [0.717, 1.165) is 71.9 Å². The molecule has 3 heterocycles. The van der Waals surface area contributed by atoms with Crippen molar-refractivity contribution in [2.24, 2.45) is 0 Å². The molecule has 5 heteroatoms. The van der Waals surface area contributed by atoms with E-state index in [1.807, 2.05) is 18.2 Å². The molecule has 3 aromatic heterocycles. The number of nitrogens with zero attached hydrogens (tertiary/aromatic N) is 5. The van der Waals surface area contributed by atoms with Crippen LogP contribution in [0.1, 0.15) is 0 Å². The summed E-state index contributed by atoms with van der Waals surface area (Å²) in [6.07, 6.45) is 0. The quantitative estimate of drug-likeness (QED) is 0.172. The summed E-state index contributed by atoms with van der Waals surface area (Å²) in [7, 11) is 0. The van der Waals surface area contributed by atoms with Crippen molar-refractivity contribution < 1.29 is 0 Å². The first-order valence-electron chi connectivity index (χ1n) is 18.9. The van der Waals surface area contributed by atoms with E-state index in [1.165, 1.54) is 10.8 Å². The van der Waals surface area contributed by atoms with Gasteiger partial charge in [-0.15, -0.1) is 0 Å². The molecule has 8 aromatic carbocycles. The second kappa shape index (κ2) is 13.0. The topological polar surface area (TPSA) is 48.5 Å². The largest absolute Gasteiger partial charge is 0.309 e. The number of benzene rings is 8. The summed E-state index contributed by atoms with van der Waals surface area (Å²) >= 11 is 0. The first kappa shape index (κ1) is 31.9. The van der Waals surface area contributed by atoms with Crippen LogP contribution in [0.4, 0.5) is 0 Å². The van der Waals surface area contributed by atoms with Crippen LogP contribution in [-0.4, -0.2) is 24.1 Å². The van der Waals surface area contributed by atoms with Gasteiger partial charge in [-0.05, 0) is 58.7 Å². The van der Waals surface area contributed by atoms with Crippen LogP contribution in [-0.2, 0) is 0 Å². The molecule has 0 aliphatic heterocycles. The number of aromatic nitrogens is 5. The molecule has 56 heavy (non-hydrogen) atoms. The van der Waals surface area contributed by atoms with Crippen LogP contribution in [0.2, 0.25) is 0 Å². The third kappa shape index (κ3) is 5.21. The summed E-state index contributed by atoms with van der Waals surface area (Å²) in [6.45, 7) is 0. The Morgan fingerprint density at radius 2 is 0.732 bits per heavy atom. The molecule has 0 aliphatic rings. The normalized spacial score (nSPS) is 11.6. The van der Waals surface area contributed by atoms with Crippen LogP contribution < -0.4 is 0 Å². The van der Waals surface area contributed by atoms with Gasteiger partial charge in [0.1, 0.15) is 0 Å². The molecule has 11 rings (SSSR count). The summed E-state index contributed by atoms with van der Waals surface area (Å²) in [4.78, 5) is 16.0. The third-order valence-electron chi connectivity index (χ3n) is 10.8. The molecule has 0 saturated carbocycles. The Kier molecular flexibility index (Phi) is 7.42. The fourth-order valence-corrected chi connectivity index (χ4v) is 8.20. The van der Waals surface area contributed by atoms with Gasteiger partial charge in [-0.1, -0.05) is 164 Å². The molecule has 0 N–H and O–H groups in total. The zero-order chi connectivity index (χ0) is 37.0. The first-order chi connectivity index (χ1) is 27.8. The monoisotopic (exact) mass is 715 g/mol. The van der Waals surface area contributed by atoms with Crippen LogP contribution in [0.5, 0.6) is 0 Å². The van der Waals surface area contributed by atoms with Gasteiger partial charge in [0.25, 0.3) is 0 Å². The molecule has 0 fully saturated rings. The van der Waals surface area contributed by atoms with E-state index in [9.17, 15) is 0 Å². The van der Waals surface area contributed by atoms with Gasteiger partial charge < -0.3 is 4.57 Å². The van der Waals surface area contributed by atoms with Crippen LogP contribution in [0.15, 0.2) is 200 Å². The van der Waals surface area contributed by atoms with Crippen molar-refractivity contribution in [2.45, 2.75) is 0 Å². The molecule has 0 atom stereocenters. The van der Waals surface area contributed by atoms with Crippen molar-refractivity contribution in [1.82, 2.24) is 24.1 Å². The summed E-state index contributed by atoms with van der Waals surface area (Å²) in [5.74, 6) is 1.76. The molecule has 0 unspecified atom stereocenters. The lowest BCUT2D eigenvalue weighted by atomic mass is 10.0. The van der Waals surface area contributed by atoms with E-state index in [1.54, 1.807) is 0 Å². The molecule has 262 valence electrons. The zero-order valence-corrected chi connectivity index (χ0v) is 30.3. The average Bonchev–Trinajstić information content (AvgIpc) is 3.79. The van der Waals surface area contributed by atoms with Crippen molar-refractivity contribution in [2.75, 3.05) is 0 Å². The van der Waals surface area contributed by atoms with Gasteiger partial charge in [0.2, 0.25) is 5.95 Å². The standard InChI is InChI=1S/C51H33N5/c1-4-16-34(17-5-1)37-28-30-41-42-31-29-38(35-18-6-2-7-19-35)33-48(42)56(47(41)32-37)51-53-49(36-20-8-3-9-21-36)52-50(54-51)43-24-12-15-27-46(43)55-44-25-13-10-22-39(44)40-23-11-14-26-45(40)55/h1-33H. The van der Waals surface area contributed by atoms with Crippen molar-refractivity contribution in [3.63, 3.8) is 0 Å². The second-order valence-corrected chi connectivity index (χ2v) is 14.1. The van der Waals surface area contributed by atoms with Gasteiger partial charge in [-0.2, -0.15) is 9.97 Å². The molecular weight excluding hydrogens is 683 g/mol. The number of hydrogen-bond donors (Lipinski definition) is 0. The maximum Gasteiger partial charge on any atom is 0.238 e. The molecule has 0 amide bonds. The summed E-state index contributed by atoms with van der Waals surface area (Å²) in [5.41, 5.74) is 11.7. The lowest BCUT2D eigenvalue weighted by Crippen LogP contribution is -2.08. The Labute approximate surface area is 323 Å². The first-order valence-corrected chi connectivity index (χ1v) is 18.9. The maximum atomic E-state index is 5.43. The molecule has 0 saturated heterocycles. The van der Waals surface area contributed by atoms with Gasteiger partial charge in [0, 0.05) is 32.7 Å². The van der Waals surface area contributed by atoms with Gasteiger partial charge in [0.15, 0.2) is 11.6 Å². The fraction of sp³-hybridized carbons (Fsp3) is 0. The second-order valence-electron chi connectivity index (χ2n) is 14.1.